The summed E-state index contributed by atoms with van der Waals surface area (Å²) in [5.41, 5.74) is 3.84. The highest BCUT2D eigenvalue weighted by molar-refractivity contribution is 7.18. The molecule has 3 heterocycles. The minimum absolute atomic E-state index is 0.758. The zero-order valence-electron chi connectivity index (χ0n) is 13.4. The van der Waals surface area contributed by atoms with Crippen molar-refractivity contribution in [2.24, 2.45) is 5.92 Å². The Morgan fingerprint density at radius 2 is 2.09 bits per heavy atom. The second-order valence-electron chi connectivity index (χ2n) is 6.53. The standard InChI is InChI=1S/C19H21N3S/c1-14-2-3-18-17(10-14)21-19(23-18)13-22-9-6-16(12-22)11-15-4-7-20-8-5-15/h2-5,7-8,10,16H,6,9,11-13H2,1H3. The van der Waals surface area contributed by atoms with E-state index in [1.165, 1.54) is 40.3 Å². The van der Waals surface area contributed by atoms with E-state index in [1.54, 1.807) is 0 Å². The molecule has 1 aliphatic heterocycles. The fourth-order valence-corrected chi connectivity index (χ4v) is 4.41. The van der Waals surface area contributed by atoms with Crippen LogP contribution in [-0.2, 0) is 13.0 Å². The third kappa shape index (κ3) is 3.43. The molecule has 1 unspecified atom stereocenters. The normalized spacial score (nSPS) is 18.7. The largest absolute Gasteiger partial charge is 0.296 e. The lowest BCUT2D eigenvalue weighted by Crippen LogP contribution is -2.20. The van der Waals surface area contributed by atoms with Crippen LogP contribution in [0, 0.1) is 12.8 Å². The Hall–Kier alpha value is -1.78. The van der Waals surface area contributed by atoms with Crippen molar-refractivity contribution in [2.75, 3.05) is 13.1 Å². The summed E-state index contributed by atoms with van der Waals surface area (Å²) in [6.45, 7) is 5.48. The molecule has 0 saturated carbocycles. The fourth-order valence-electron chi connectivity index (χ4n) is 3.42. The summed E-state index contributed by atoms with van der Waals surface area (Å²) >= 11 is 1.84. The zero-order valence-corrected chi connectivity index (χ0v) is 14.2. The van der Waals surface area contributed by atoms with E-state index >= 15 is 0 Å². The summed E-state index contributed by atoms with van der Waals surface area (Å²) in [6.07, 6.45) is 6.24. The molecule has 0 N–H and O–H groups in total. The van der Waals surface area contributed by atoms with Crippen molar-refractivity contribution >= 4 is 21.6 Å². The van der Waals surface area contributed by atoms with Crippen LogP contribution < -0.4 is 0 Å². The van der Waals surface area contributed by atoms with Crippen molar-refractivity contribution in [3.8, 4) is 0 Å². The van der Waals surface area contributed by atoms with E-state index in [1.807, 2.05) is 23.7 Å². The van der Waals surface area contributed by atoms with Crippen LogP contribution in [0.1, 0.15) is 22.6 Å². The van der Waals surface area contributed by atoms with Crippen molar-refractivity contribution in [1.82, 2.24) is 14.9 Å². The maximum absolute atomic E-state index is 4.81. The van der Waals surface area contributed by atoms with E-state index in [9.17, 15) is 0 Å². The number of aryl methyl sites for hydroxylation is 1. The van der Waals surface area contributed by atoms with Gasteiger partial charge in [-0.1, -0.05) is 6.07 Å². The van der Waals surface area contributed by atoms with Gasteiger partial charge in [0.15, 0.2) is 0 Å². The smallest absolute Gasteiger partial charge is 0.108 e. The number of thiazole rings is 1. The highest BCUT2D eigenvalue weighted by atomic mass is 32.1. The predicted octanol–water partition coefficient (Wildman–Crippen LogP) is 4.06. The van der Waals surface area contributed by atoms with Gasteiger partial charge in [0.05, 0.1) is 16.8 Å². The van der Waals surface area contributed by atoms with Gasteiger partial charge in [-0.15, -0.1) is 11.3 Å². The molecule has 1 saturated heterocycles. The van der Waals surface area contributed by atoms with Crippen molar-refractivity contribution in [3.63, 3.8) is 0 Å². The topological polar surface area (TPSA) is 29.0 Å². The maximum atomic E-state index is 4.81. The number of aromatic nitrogens is 2. The highest BCUT2D eigenvalue weighted by Gasteiger charge is 2.23. The SMILES string of the molecule is Cc1ccc2sc(CN3CCC(Cc4ccncc4)C3)nc2c1. The van der Waals surface area contributed by atoms with Gasteiger partial charge >= 0.3 is 0 Å². The van der Waals surface area contributed by atoms with Gasteiger partial charge in [0.25, 0.3) is 0 Å². The molecule has 4 rings (SSSR count). The highest BCUT2D eigenvalue weighted by Crippen LogP contribution is 2.27. The second kappa shape index (κ2) is 6.38. The number of pyridine rings is 1. The molecule has 2 aromatic heterocycles. The zero-order chi connectivity index (χ0) is 15.6. The first-order valence-electron chi connectivity index (χ1n) is 8.23. The maximum Gasteiger partial charge on any atom is 0.108 e. The molecule has 23 heavy (non-hydrogen) atoms. The Balaban J connectivity index is 1.39. The second-order valence-corrected chi connectivity index (χ2v) is 7.64. The summed E-state index contributed by atoms with van der Waals surface area (Å²) in [5.74, 6) is 0.758. The molecular weight excluding hydrogens is 302 g/mol. The monoisotopic (exact) mass is 323 g/mol. The molecule has 0 spiro atoms. The Morgan fingerprint density at radius 1 is 1.22 bits per heavy atom. The molecular formula is C19H21N3S. The number of nitrogens with zero attached hydrogens (tertiary/aromatic N) is 3. The first kappa shape index (κ1) is 14.8. The Kier molecular flexibility index (Phi) is 4.10. The molecule has 3 nitrogen and oxygen atoms in total. The molecule has 4 heteroatoms. The van der Waals surface area contributed by atoms with Gasteiger partial charge in [0.1, 0.15) is 5.01 Å². The predicted molar refractivity (Wildman–Crippen MR) is 95.7 cm³/mol. The van der Waals surface area contributed by atoms with Gasteiger partial charge in [0, 0.05) is 18.9 Å². The average Bonchev–Trinajstić information content (AvgIpc) is 3.14. The summed E-state index contributed by atoms with van der Waals surface area (Å²) in [5, 5.41) is 1.25. The number of benzene rings is 1. The first-order valence-corrected chi connectivity index (χ1v) is 9.05. The van der Waals surface area contributed by atoms with Crippen molar-refractivity contribution in [3.05, 3.63) is 58.9 Å². The van der Waals surface area contributed by atoms with E-state index in [4.69, 9.17) is 4.98 Å². The van der Waals surface area contributed by atoms with Crippen molar-refractivity contribution in [1.29, 1.82) is 0 Å². The van der Waals surface area contributed by atoms with Crippen LogP contribution in [0.5, 0.6) is 0 Å². The van der Waals surface area contributed by atoms with Gasteiger partial charge in [-0.25, -0.2) is 4.98 Å². The van der Waals surface area contributed by atoms with Gasteiger partial charge < -0.3 is 0 Å². The minimum atomic E-state index is 0.758. The van der Waals surface area contributed by atoms with E-state index in [-0.39, 0.29) is 0 Å². The van der Waals surface area contributed by atoms with E-state index in [0.717, 1.165) is 24.4 Å². The third-order valence-corrected chi connectivity index (χ3v) is 5.61. The molecule has 0 amide bonds. The fraction of sp³-hybridized carbons (Fsp3) is 0.368. The number of fused-ring (bicyclic) bond motifs is 1. The summed E-state index contributed by atoms with van der Waals surface area (Å²) < 4.78 is 1.30. The van der Waals surface area contributed by atoms with E-state index < -0.39 is 0 Å². The van der Waals surface area contributed by atoms with Crippen LogP contribution in [0.15, 0.2) is 42.7 Å². The van der Waals surface area contributed by atoms with Crippen LogP contribution >= 0.6 is 11.3 Å². The van der Waals surface area contributed by atoms with Gasteiger partial charge in [-0.2, -0.15) is 0 Å². The summed E-state index contributed by atoms with van der Waals surface area (Å²) in [6, 6.07) is 10.8. The number of likely N-dealkylation sites (tertiary alicyclic amines) is 1. The van der Waals surface area contributed by atoms with Crippen LogP contribution in [0.2, 0.25) is 0 Å². The molecule has 0 bridgehead atoms. The molecule has 1 aliphatic rings. The third-order valence-electron chi connectivity index (χ3n) is 4.59. The van der Waals surface area contributed by atoms with E-state index in [2.05, 4.69) is 47.1 Å². The first-order chi connectivity index (χ1) is 11.3. The molecule has 1 aromatic carbocycles. The van der Waals surface area contributed by atoms with Crippen LogP contribution in [0.25, 0.3) is 10.2 Å². The summed E-state index contributed by atoms with van der Waals surface area (Å²) in [4.78, 5) is 11.5. The Labute approximate surface area is 141 Å². The van der Waals surface area contributed by atoms with Crippen LogP contribution in [0.3, 0.4) is 0 Å². The Morgan fingerprint density at radius 3 is 2.96 bits per heavy atom. The number of hydrogen-bond donors (Lipinski definition) is 0. The van der Waals surface area contributed by atoms with E-state index in [0.29, 0.717) is 0 Å². The van der Waals surface area contributed by atoms with Gasteiger partial charge in [-0.3, -0.25) is 9.88 Å². The lowest BCUT2D eigenvalue weighted by Gasteiger charge is -2.14. The van der Waals surface area contributed by atoms with Crippen LogP contribution in [0.4, 0.5) is 0 Å². The Bertz CT molecular complexity index is 797. The minimum Gasteiger partial charge on any atom is -0.296 e. The van der Waals surface area contributed by atoms with Crippen molar-refractivity contribution < 1.29 is 0 Å². The van der Waals surface area contributed by atoms with Gasteiger partial charge in [-0.05, 0) is 67.6 Å². The number of rotatable bonds is 4. The average molecular weight is 323 g/mol. The molecule has 3 aromatic rings. The van der Waals surface area contributed by atoms with Crippen molar-refractivity contribution in [2.45, 2.75) is 26.3 Å². The molecule has 0 radical (unpaired) electrons. The lowest BCUT2D eigenvalue weighted by atomic mass is 10.00. The summed E-state index contributed by atoms with van der Waals surface area (Å²) in [7, 11) is 0. The molecule has 118 valence electrons. The quantitative estimate of drug-likeness (QED) is 0.725. The van der Waals surface area contributed by atoms with Gasteiger partial charge in [0.2, 0.25) is 0 Å². The number of hydrogen-bond acceptors (Lipinski definition) is 4. The molecule has 1 atom stereocenters. The van der Waals surface area contributed by atoms with Crippen LogP contribution in [-0.4, -0.2) is 28.0 Å². The molecule has 1 fully saturated rings. The molecule has 0 aliphatic carbocycles. The lowest BCUT2D eigenvalue weighted by molar-refractivity contribution is 0.316.